The van der Waals surface area contributed by atoms with E-state index >= 15 is 0 Å². The third-order valence-corrected chi connectivity index (χ3v) is 3.47. The lowest BCUT2D eigenvalue weighted by atomic mass is 9.66. The molecule has 1 aliphatic carbocycles. The van der Waals surface area contributed by atoms with Gasteiger partial charge in [0.1, 0.15) is 6.10 Å². The van der Waals surface area contributed by atoms with Crippen molar-refractivity contribution < 1.29 is 27.8 Å². The zero-order valence-electron chi connectivity index (χ0n) is 10.6. The van der Waals surface area contributed by atoms with Crippen LogP contribution in [-0.4, -0.2) is 23.7 Å². The molecule has 1 N–H and O–H groups in total. The van der Waals surface area contributed by atoms with Gasteiger partial charge in [0, 0.05) is 11.8 Å². The van der Waals surface area contributed by atoms with Crippen molar-refractivity contribution >= 4 is 0 Å². The number of ether oxygens (including phenoxy) is 2. The molecule has 0 spiro atoms. The van der Waals surface area contributed by atoms with Gasteiger partial charge in [-0.1, -0.05) is 26.0 Å². The van der Waals surface area contributed by atoms with Crippen LogP contribution in [0.25, 0.3) is 0 Å². The van der Waals surface area contributed by atoms with Gasteiger partial charge in [-0.25, -0.2) is 0 Å². The molecule has 0 saturated heterocycles. The minimum absolute atomic E-state index is 0.0322. The normalized spacial score (nSPS) is 25.6. The predicted molar refractivity (Wildman–Crippen MR) is 61.9 cm³/mol. The first-order valence-corrected chi connectivity index (χ1v) is 5.89. The van der Waals surface area contributed by atoms with Crippen molar-refractivity contribution in [3.8, 4) is 11.5 Å². The Kier molecular flexibility index (Phi) is 3.38. The van der Waals surface area contributed by atoms with Gasteiger partial charge in [0.15, 0.2) is 11.5 Å². The van der Waals surface area contributed by atoms with E-state index in [0.717, 1.165) is 0 Å². The minimum atomic E-state index is -4.76. The lowest BCUT2D eigenvalue weighted by Gasteiger charge is -2.48. The minimum Gasteiger partial charge on any atom is -0.486 e. The van der Waals surface area contributed by atoms with Gasteiger partial charge in [-0.3, -0.25) is 0 Å². The third kappa shape index (κ3) is 2.94. The van der Waals surface area contributed by atoms with Gasteiger partial charge in [-0.05, 0) is 12.1 Å². The number of para-hydroxylation sites is 2. The van der Waals surface area contributed by atoms with Crippen molar-refractivity contribution in [2.24, 2.45) is 5.41 Å². The molecule has 1 aliphatic rings. The van der Waals surface area contributed by atoms with Crippen molar-refractivity contribution in [1.82, 2.24) is 0 Å². The van der Waals surface area contributed by atoms with Crippen molar-refractivity contribution in [3.05, 3.63) is 24.3 Å². The molecule has 3 nitrogen and oxygen atoms in total. The zero-order valence-corrected chi connectivity index (χ0v) is 10.6. The second kappa shape index (κ2) is 4.59. The topological polar surface area (TPSA) is 38.7 Å². The quantitative estimate of drug-likeness (QED) is 0.921. The van der Waals surface area contributed by atoms with E-state index < -0.39 is 17.9 Å². The lowest BCUT2D eigenvalue weighted by Crippen LogP contribution is -2.56. The fraction of sp³-hybridized carbons (Fsp3) is 0.538. The summed E-state index contributed by atoms with van der Waals surface area (Å²) in [5.41, 5.74) is -0.481. The number of benzene rings is 1. The van der Waals surface area contributed by atoms with Crippen molar-refractivity contribution in [1.29, 1.82) is 0 Å². The highest BCUT2D eigenvalue weighted by molar-refractivity contribution is 5.40. The fourth-order valence-corrected chi connectivity index (χ4v) is 1.97. The van der Waals surface area contributed by atoms with Crippen molar-refractivity contribution in [2.45, 2.75) is 38.8 Å². The van der Waals surface area contributed by atoms with Crippen LogP contribution in [0, 0.1) is 5.41 Å². The molecule has 0 amide bonds. The van der Waals surface area contributed by atoms with Crippen LogP contribution in [-0.2, 0) is 0 Å². The molecule has 1 aromatic rings. The largest absolute Gasteiger partial charge is 0.573 e. The van der Waals surface area contributed by atoms with Gasteiger partial charge in [-0.2, -0.15) is 0 Å². The second-order valence-electron chi connectivity index (χ2n) is 5.17. The molecule has 2 unspecified atom stereocenters. The summed E-state index contributed by atoms with van der Waals surface area (Å²) in [5.74, 6) is -0.336. The molecule has 1 saturated carbocycles. The third-order valence-electron chi connectivity index (χ3n) is 3.47. The van der Waals surface area contributed by atoms with Crippen LogP contribution in [0.15, 0.2) is 24.3 Å². The van der Waals surface area contributed by atoms with Gasteiger partial charge >= 0.3 is 6.36 Å². The Morgan fingerprint density at radius 1 is 1.21 bits per heavy atom. The molecule has 1 aromatic carbocycles. The van der Waals surface area contributed by atoms with E-state index in [1.54, 1.807) is 19.9 Å². The summed E-state index contributed by atoms with van der Waals surface area (Å²) in [6.07, 6.45) is -5.20. The lowest BCUT2D eigenvalue weighted by molar-refractivity contribution is -0.275. The first-order valence-electron chi connectivity index (χ1n) is 5.89. The van der Waals surface area contributed by atoms with Crippen LogP contribution in [0.2, 0.25) is 0 Å². The molecule has 106 valence electrons. The summed E-state index contributed by atoms with van der Waals surface area (Å²) >= 11 is 0. The summed E-state index contributed by atoms with van der Waals surface area (Å²) in [5, 5.41) is 9.59. The van der Waals surface area contributed by atoms with Gasteiger partial charge in [0.2, 0.25) is 0 Å². The Morgan fingerprint density at radius 2 is 1.79 bits per heavy atom. The first kappa shape index (κ1) is 14.0. The number of halogens is 3. The maximum Gasteiger partial charge on any atom is 0.573 e. The summed E-state index contributed by atoms with van der Waals surface area (Å²) < 4.78 is 46.2. The summed E-state index contributed by atoms with van der Waals surface area (Å²) in [7, 11) is 0. The van der Waals surface area contributed by atoms with E-state index in [1.807, 2.05) is 0 Å². The molecule has 19 heavy (non-hydrogen) atoms. The number of alkyl halides is 3. The summed E-state index contributed by atoms with van der Waals surface area (Å²) in [6.45, 7) is 3.61. The number of aliphatic hydroxyl groups excluding tert-OH is 1. The summed E-state index contributed by atoms with van der Waals surface area (Å²) in [6, 6.07) is 5.63. The fourth-order valence-electron chi connectivity index (χ4n) is 1.97. The maximum absolute atomic E-state index is 12.3. The van der Waals surface area contributed by atoms with E-state index in [4.69, 9.17) is 4.74 Å². The second-order valence-corrected chi connectivity index (χ2v) is 5.17. The highest BCUT2D eigenvalue weighted by atomic mass is 19.4. The first-order chi connectivity index (χ1) is 8.70. The molecule has 0 bridgehead atoms. The van der Waals surface area contributed by atoms with Gasteiger partial charge in [-0.15, -0.1) is 13.2 Å². The highest BCUT2D eigenvalue weighted by Gasteiger charge is 2.49. The van der Waals surface area contributed by atoms with E-state index in [0.29, 0.717) is 6.42 Å². The average Bonchev–Trinajstić information content (AvgIpc) is 2.29. The molecular formula is C13H15F3O3. The van der Waals surface area contributed by atoms with E-state index in [2.05, 4.69) is 4.74 Å². The smallest absolute Gasteiger partial charge is 0.486 e. The van der Waals surface area contributed by atoms with Crippen LogP contribution in [0.5, 0.6) is 11.5 Å². The number of rotatable bonds is 3. The molecule has 0 aliphatic heterocycles. The molecule has 2 atom stereocenters. The number of aliphatic hydroxyl groups is 1. The molecule has 0 radical (unpaired) electrons. The molecule has 2 rings (SSSR count). The molecule has 6 heteroatoms. The Bertz CT molecular complexity index is 457. The molecule has 0 heterocycles. The molecule has 1 fully saturated rings. The van der Waals surface area contributed by atoms with Crippen LogP contribution < -0.4 is 9.47 Å². The van der Waals surface area contributed by atoms with Gasteiger partial charge in [0.05, 0.1) is 6.10 Å². The van der Waals surface area contributed by atoms with Crippen LogP contribution in [0.3, 0.4) is 0 Å². The van der Waals surface area contributed by atoms with E-state index in [9.17, 15) is 18.3 Å². The van der Waals surface area contributed by atoms with E-state index in [1.165, 1.54) is 18.2 Å². The van der Waals surface area contributed by atoms with Gasteiger partial charge in [0.25, 0.3) is 0 Å². The van der Waals surface area contributed by atoms with Gasteiger partial charge < -0.3 is 14.6 Å². The predicted octanol–water partition coefficient (Wildman–Crippen LogP) is 3.12. The maximum atomic E-state index is 12.3. The standard InChI is InChI=1S/C13H15F3O3/c1-12(2)10(17)7-11(12)18-8-5-3-4-6-9(8)19-13(14,15)16/h3-6,10-11,17H,7H2,1-2H3. The SMILES string of the molecule is CC1(C)C(O)CC1Oc1ccccc1OC(F)(F)F. The number of hydrogen-bond donors (Lipinski definition) is 1. The Morgan fingerprint density at radius 3 is 2.26 bits per heavy atom. The average molecular weight is 276 g/mol. The number of hydrogen-bond acceptors (Lipinski definition) is 3. The van der Waals surface area contributed by atoms with Crippen LogP contribution in [0.4, 0.5) is 13.2 Å². The Balaban J connectivity index is 2.13. The highest BCUT2D eigenvalue weighted by Crippen LogP contribution is 2.44. The molecular weight excluding hydrogens is 261 g/mol. The molecule has 0 aromatic heterocycles. The Labute approximate surface area is 108 Å². The zero-order chi connectivity index (χ0) is 14.3. The van der Waals surface area contributed by atoms with Crippen molar-refractivity contribution in [3.63, 3.8) is 0 Å². The van der Waals surface area contributed by atoms with Crippen LogP contribution >= 0.6 is 0 Å². The Hall–Kier alpha value is -1.43. The monoisotopic (exact) mass is 276 g/mol. The van der Waals surface area contributed by atoms with Crippen molar-refractivity contribution in [2.75, 3.05) is 0 Å². The van der Waals surface area contributed by atoms with E-state index in [-0.39, 0.29) is 17.6 Å². The van der Waals surface area contributed by atoms with Crippen LogP contribution in [0.1, 0.15) is 20.3 Å². The summed E-state index contributed by atoms with van der Waals surface area (Å²) in [4.78, 5) is 0.